The molecule has 0 atom stereocenters. The predicted molar refractivity (Wildman–Crippen MR) is 81.4 cm³/mol. The second-order valence-electron chi connectivity index (χ2n) is 4.66. The van der Waals surface area contributed by atoms with Crippen LogP contribution in [-0.4, -0.2) is 31.2 Å². The first kappa shape index (κ1) is 14.4. The zero-order valence-corrected chi connectivity index (χ0v) is 12.3. The van der Waals surface area contributed by atoms with Crippen molar-refractivity contribution in [1.82, 2.24) is 15.0 Å². The minimum Gasteiger partial charge on any atom is -0.478 e. The van der Waals surface area contributed by atoms with Crippen molar-refractivity contribution in [3.8, 4) is 5.69 Å². The molecule has 7 heteroatoms. The SMILES string of the molecule is O=C(O)c1ccc(-n2nnc(CO)c2Cc2cccs2)cc1. The van der Waals surface area contributed by atoms with Gasteiger partial charge in [0.15, 0.2) is 0 Å². The Morgan fingerprint density at radius 2 is 2.00 bits per heavy atom. The number of hydrogen-bond donors (Lipinski definition) is 2. The second kappa shape index (κ2) is 6.08. The van der Waals surface area contributed by atoms with Crippen molar-refractivity contribution in [3.63, 3.8) is 0 Å². The van der Waals surface area contributed by atoms with Crippen LogP contribution in [-0.2, 0) is 13.0 Å². The fraction of sp³-hybridized carbons (Fsp3) is 0.133. The molecule has 6 nitrogen and oxygen atoms in total. The number of carboxylic acid groups (broad SMARTS) is 1. The highest BCUT2D eigenvalue weighted by Crippen LogP contribution is 2.20. The first-order chi connectivity index (χ1) is 10.7. The Bertz CT molecular complexity index is 779. The molecule has 3 rings (SSSR count). The molecule has 0 aliphatic heterocycles. The molecule has 0 aliphatic carbocycles. The Hall–Kier alpha value is -2.51. The van der Waals surface area contributed by atoms with Crippen LogP contribution in [0.3, 0.4) is 0 Å². The minimum atomic E-state index is -0.972. The number of aromatic carboxylic acids is 1. The van der Waals surface area contributed by atoms with Gasteiger partial charge in [0, 0.05) is 11.3 Å². The van der Waals surface area contributed by atoms with Crippen LogP contribution in [0.2, 0.25) is 0 Å². The van der Waals surface area contributed by atoms with Gasteiger partial charge in [0.1, 0.15) is 5.69 Å². The normalized spacial score (nSPS) is 10.8. The molecule has 0 bridgehead atoms. The maximum atomic E-state index is 10.9. The van der Waals surface area contributed by atoms with Crippen molar-refractivity contribution in [3.05, 3.63) is 63.6 Å². The third-order valence-corrected chi connectivity index (χ3v) is 4.15. The molecule has 0 saturated heterocycles. The molecule has 112 valence electrons. The maximum absolute atomic E-state index is 10.9. The topological polar surface area (TPSA) is 88.2 Å². The highest BCUT2D eigenvalue weighted by atomic mass is 32.1. The van der Waals surface area contributed by atoms with Crippen LogP contribution in [0.5, 0.6) is 0 Å². The van der Waals surface area contributed by atoms with E-state index in [2.05, 4.69) is 10.3 Å². The summed E-state index contributed by atoms with van der Waals surface area (Å²) in [5.74, 6) is -0.972. The molecule has 2 N–H and O–H groups in total. The van der Waals surface area contributed by atoms with Gasteiger partial charge in [-0.2, -0.15) is 0 Å². The van der Waals surface area contributed by atoms with Gasteiger partial charge in [-0.1, -0.05) is 11.3 Å². The van der Waals surface area contributed by atoms with E-state index >= 15 is 0 Å². The van der Waals surface area contributed by atoms with E-state index in [1.165, 1.54) is 12.1 Å². The Kier molecular flexibility index (Phi) is 3.99. The second-order valence-corrected chi connectivity index (χ2v) is 5.69. The van der Waals surface area contributed by atoms with E-state index in [1.807, 2.05) is 17.5 Å². The number of hydrogen-bond acceptors (Lipinski definition) is 5. The first-order valence-electron chi connectivity index (χ1n) is 6.59. The molecular formula is C15H13N3O3S. The quantitative estimate of drug-likeness (QED) is 0.753. The molecular weight excluding hydrogens is 302 g/mol. The summed E-state index contributed by atoms with van der Waals surface area (Å²) in [7, 11) is 0. The summed E-state index contributed by atoms with van der Waals surface area (Å²) in [5, 5.41) is 28.4. The van der Waals surface area contributed by atoms with E-state index in [-0.39, 0.29) is 12.2 Å². The van der Waals surface area contributed by atoms with Gasteiger partial charge in [-0.25, -0.2) is 9.48 Å². The molecule has 0 aliphatic rings. The zero-order valence-electron chi connectivity index (χ0n) is 11.5. The number of benzene rings is 1. The number of aliphatic hydroxyl groups is 1. The monoisotopic (exact) mass is 315 g/mol. The average molecular weight is 315 g/mol. The summed E-state index contributed by atoms with van der Waals surface area (Å²) in [6, 6.07) is 10.4. The molecule has 2 heterocycles. The number of carbonyl (C=O) groups is 1. The van der Waals surface area contributed by atoms with Gasteiger partial charge >= 0.3 is 5.97 Å². The predicted octanol–water partition coefficient (Wildman–Crippen LogP) is 2.11. The number of rotatable bonds is 5. The average Bonchev–Trinajstić information content (AvgIpc) is 3.17. The van der Waals surface area contributed by atoms with Gasteiger partial charge < -0.3 is 10.2 Å². The lowest BCUT2D eigenvalue weighted by Crippen LogP contribution is -2.05. The number of carboxylic acids is 1. The van der Waals surface area contributed by atoms with E-state index in [9.17, 15) is 9.90 Å². The van der Waals surface area contributed by atoms with Crippen LogP contribution in [0.25, 0.3) is 5.69 Å². The summed E-state index contributed by atoms with van der Waals surface area (Å²) < 4.78 is 1.64. The highest BCUT2D eigenvalue weighted by molar-refractivity contribution is 7.09. The molecule has 22 heavy (non-hydrogen) atoms. The van der Waals surface area contributed by atoms with Crippen LogP contribution in [0.1, 0.15) is 26.6 Å². The Balaban J connectivity index is 1.99. The van der Waals surface area contributed by atoms with Gasteiger partial charge in [0.05, 0.1) is 23.6 Å². The molecule has 3 aromatic rings. The summed E-state index contributed by atoms with van der Waals surface area (Å²) >= 11 is 1.62. The van der Waals surface area contributed by atoms with Gasteiger partial charge in [-0.15, -0.1) is 16.4 Å². The van der Waals surface area contributed by atoms with Crippen LogP contribution in [0, 0.1) is 0 Å². The lowest BCUT2D eigenvalue weighted by atomic mass is 10.2. The van der Waals surface area contributed by atoms with E-state index in [1.54, 1.807) is 28.2 Å². The largest absolute Gasteiger partial charge is 0.478 e. The van der Waals surface area contributed by atoms with Gasteiger partial charge in [-0.3, -0.25) is 0 Å². The van der Waals surface area contributed by atoms with Crippen molar-refractivity contribution in [1.29, 1.82) is 0 Å². The third-order valence-electron chi connectivity index (χ3n) is 3.27. The fourth-order valence-electron chi connectivity index (χ4n) is 2.16. The number of aromatic nitrogens is 3. The Morgan fingerprint density at radius 3 is 2.59 bits per heavy atom. The van der Waals surface area contributed by atoms with E-state index in [0.29, 0.717) is 17.8 Å². The van der Waals surface area contributed by atoms with Crippen molar-refractivity contribution in [2.24, 2.45) is 0 Å². The van der Waals surface area contributed by atoms with Crippen LogP contribution >= 0.6 is 11.3 Å². The van der Waals surface area contributed by atoms with Crippen LogP contribution < -0.4 is 0 Å². The van der Waals surface area contributed by atoms with E-state index in [0.717, 1.165) is 10.6 Å². The maximum Gasteiger partial charge on any atom is 0.335 e. The van der Waals surface area contributed by atoms with Crippen LogP contribution in [0.4, 0.5) is 0 Å². The summed E-state index contributed by atoms with van der Waals surface area (Å²) in [5.41, 5.74) is 2.25. The van der Waals surface area contributed by atoms with Crippen molar-refractivity contribution >= 4 is 17.3 Å². The van der Waals surface area contributed by atoms with Gasteiger partial charge in [0.2, 0.25) is 0 Å². The minimum absolute atomic E-state index is 0.187. The smallest absolute Gasteiger partial charge is 0.335 e. The first-order valence-corrected chi connectivity index (χ1v) is 7.47. The summed E-state index contributed by atoms with van der Waals surface area (Å²) in [6.07, 6.45) is 0.612. The van der Waals surface area contributed by atoms with Crippen LogP contribution in [0.15, 0.2) is 41.8 Å². The Morgan fingerprint density at radius 1 is 1.23 bits per heavy atom. The molecule has 0 radical (unpaired) electrons. The molecule has 2 aromatic heterocycles. The van der Waals surface area contributed by atoms with Crippen molar-refractivity contribution < 1.29 is 15.0 Å². The van der Waals surface area contributed by atoms with E-state index in [4.69, 9.17) is 5.11 Å². The number of aliphatic hydroxyl groups excluding tert-OH is 1. The fourth-order valence-corrected chi connectivity index (χ4v) is 2.87. The standard InChI is InChI=1S/C15H13N3O3S/c19-9-13-14(8-12-2-1-7-22-12)18(17-16-13)11-5-3-10(4-6-11)15(20)21/h1-7,19H,8-9H2,(H,20,21). The Labute approximate surface area is 130 Å². The number of nitrogens with zero attached hydrogens (tertiary/aromatic N) is 3. The number of thiophene rings is 1. The van der Waals surface area contributed by atoms with Gasteiger partial charge in [0.25, 0.3) is 0 Å². The van der Waals surface area contributed by atoms with Crippen molar-refractivity contribution in [2.75, 3.05) is 0 Å². The zero-order chi connectivity index (χ0) is 15.5. The highest BCUT2D eigenvalue weighted by Gasteiger charge is 2.15. The molecule has 0 amide bonds. The lowest BCUT2D eigenvalue weighted by molar-refractivity contribution is 0.0697. The van der Waals surface area contributed by atoms with Crippen molar-refractivity contribution in [2.45, 2.75) is 13.0 Å². The lowest BCUT2D eigenvalue weighted by Gasteiger charge is -2.07. The molecule has 1 aromatic carbocycles. The molecule has 0 spiro atoms. The van der Waals surface area contributed by atoms with E-state index < -0.39 is 5.97 Å². The third kappa shape index (κ3) is 2.76. The van der Waals surface area contributed by atoms with Gasteiger partial charge in [-0.05, 0) is 35.7 Å². The molecule has 0 fully saturated rings. The molecule has 0 unspecified atom stereocenters. The molecule has 0 saturated carbocycles. The summed E-state index contributed by atoms with van der Waals surface area (Å²) in [6.45, 7) is -0.187. The summed E-state index contributed by atoms with van der Waals surface area (Å²) in [4.78, 5) is 12.1.